The average Bonchev–Trinajstić information content (AvgIpc) is 3.69. The lowest BCUT2D eigenvalue weighted by Crippen LogP contribution is -2.10. The molecule has 0 aliphatic heterocycles. The van der Waals surface area contributed by atoms with E-state index in [4.69, 9.17) is 0 Å². The van der Waals surface area contributed by atoms with Gasteiger partial charge in [-0.2, -0.15) is 0 Å². The first kappa shape index (κ1) is 27.5. The number of nitrogens with zero attached hydrogens (tertiary/aromatic N) is 3. The van der Waals surface area contributed by atoms with Crippen LogP contribution in [-0.2, 0) is 0 Å². The molecule has 0 atom stereocenters. The number of aromatic nitrogens is 2. The fourth-order valence-corrected chi connectivity index (χ4v) is 7.81. The summed E-state index contributed by atoms with van der Waals surface area (Å²) < 4.78 is 4.84. The highest BCUT2D eigenvalue weighted by molar-refractivity contribution is 6.24. The normalized spacial score (nSPS) is 11.7. The van der Waals surface area contributed by atoms with Crippen molar-refractivity contribution < 1.29 is 0 Å². The van der Waals surface area contributed by atoms with Gasteiger partial charge in [-0.15, -0.1) is 0 Å². The summed E-state index contributed by atoms with van der Waals surface area (Å²) in [6.07, 6.45) is 0. The Morgan fingerprint density at radius 3 is 1.47 bits per heavy atom. The molecule has 3 heteroatoms. The van der Waals surface area contributed by atoms with Gasteiger partial charge < -0.3 is 14.0 Å². The second kappa shape index (κ2) is 11.0. The van der Waals surface area contributed by atoms with E-state index in [2.05, 4.69) is 202 Å². The second-order valence-electron chi connectivity index (χ2n) is 12.6. The predicted molar refractivity (Wildman–Crippen MR) is 207 cm³/mol. The number of hydrogen-bond acceptors (Lipinski definition) is 1. The van der Waals surface area contributed by atoms with Gasteiger partial charge in [-0.05, 0) is 78.2 Å². The minimum atomic E-state index is 1.12. The van der Waals surface area contributed by atoms with Crippen LogP contribution in [0.1, 0.15) is 0 Å². The summed E-state index contributed by atoms with van der Waals surface area (Å²) in [5.41, 5.74) is 10.5. The molecule has 0 fully saturated rings. The number of hydrogen-bond donors (Lipinski definition) is 0. The summed E-state index contributed by atoms with van der Waals surface area (Å²) in [6, 6.07) is 67.9. The van der Waals surface area contributed by atoms with Crippen molar-refractivity contribution >= 4 is 71.4 Å². The molecule has 10 rings (SSSR count). The third kappa shape index (κ3) is 4.23. The van der Waals surface area contributed by atoms with Crippen molar-refractivity contribution in [2.75, 3.05) is 4.90 Å². The first-order valence-corrected chi connectivity index (χ1v) is 16.8. The van der Waals surface area contributed by atoms with E-state index < -0.39 is 0 Å². The summed E-state index contributed by atoms with van der Waals surface area (Å²) >= 11 is 0. The average molecular weight is 626 g/mol. The van der Waals surface area contributed by atoms with Gasteiger partial charge in [0.25, 0.3) is 0 Å². The van der Waals surface area contributed by atoms with Crippen LogP contribution < -0.4 is 4.90 Å². The van der Waals surface area contributed by atoms with E-state index in [0.717, 1.165) is 28.4 Å². The standard InChI is InChI=1S/C46H31N3/c1-4-16-32(17-5-1)47(33-18-6-2-7-19-33)44-31-45-46(38-24-11-10-22-36(38)44)39-25-13-15-27-42(39)49(45)35-28-29-43-40(30-35)37-23-12-14-26-41(37)48(43)34-20-8-3-9-21-34/h1-31H. The van der Waals surface area contributed by atoms with Crippen LogP contribution in [0.15, 0.2) is 188 Å². The lowest BCUT2D eigenvalue weighted by atomic mass is 10.0. The van der Waals surface area contributed by atoms with Crippen LogP contribution >= 0.6 is 0 Å². The zero-order valence-corrected chi connectivity index (χ0v) is 26.7. The Balaban J connectivity index is 1.31. The van der Waals surface area contributed by atoms with Gasteiger partial charge in [0.05, 0.1) is 27.8 Å². The smallest absolute Gasteiger partial charge is 0.0568 e. The number of anilines is 3. The molecule has 0 N–H and O–H groups in total. The summed E-state index contributed by atoms with van der Waals surface area (Å²) in [5, 5.41) is 7.45. The Bertz CT molecular complexity index is 2770. The third-order valence-electron chi connectivity index (χ3n) is 9.86. The van der Waals surface area contributed by atoms with Gasteiger partial charge >= 0.3 is 0 Å². The van der Waals surface area contributed by atoms with Crippen molar-refractivity contribution in [1.82, 2.24) is 9.13 Å². The Hall–Kier alpha value is -6.58. The number of benzene rings is 8. The Morgan fingerprint density at radius 1 is 0.306 bits per heavy atom. The van der Waals surface area contributed by atoms with Crippen LogP contribution in [0.2, 0.25) is 0 Å². The van der Waals surface area contributed by atoms with E-state index in [9.17, 15) is 0 Å². The molecule has 0 saturated carbocycles. The molecule has 0 aliphatic rings. The molecule has 0 spiro atoms. The summed E-state index contributed by atoms with van der Waals surface area (Å²) in [7, 11) is 0. The van der Waals surface area contributed by atoms with Crippen molar-refractivity contribution in [2.24, 2.45) is 0 Å². The largest absolute Gasteiger partial charge is 0.310 e. The second-order valence-corrected chi connectivity index (χ2v) is 12.6. The maximum atomic E-state index is 2.46. The van der Waals surface area contributed by atoms with E-state index in [1.807, 2.05) is 0 Å². The van der Waals surface area contributed by atoms with Crippen LogP contribution in [0.25, 0.3) is 65.8 Å². The third-order valence-corrected chi connectivity index (χ3v) is 9.86. The van der Waals surface area contributed by atoms with Crippen molar-refractivity contribution in [3.8, 4) is 11.4 Å². The summed E-state index contributed by atoms with van der Waals surface area (Å²) in [6.45, 7) is 0. The quantitative estimate of drug-likeness (QED) is 0.185. The van der Waals surface area contributed by atoms with Crippen LogP contribution in [-0.4, -0.2) is 9.13 Å². The molecule has 2 heterocycles. The molecule has 0 amide bonds. The first-order chi connectivity index (χ1) is 24.3. The highest BCUT2D eigenvalue weighted by Crippen LogP contribution is 2.45. The molecule has 2 aromatic heterocycles. The lowest BCUT2D eigenvalue weighted by Gasteiger charge is -2.27. The monoisotopic (exact) mass is 625 g/mol. The number of fused-ring (bicyclic) bond motifs is 8. The molecule has 8 aromatic carbocycles. The highest BCUT2D eigenvalue weighted by atomic mass is 15.1. The predicted octanol–water partition coefficient (Wildman–Crippen LogP) is 12.5. The van der Waals surface area contributed by atoms with Crippen LogP contribution in [0.5, 0.6) is 0 Å². The molecule has 0 bridgehead atoms. The topological polar surface area (TPSA) is 13.1 Å². The number of rotatable bonds is 5. The minimum Gasteiger partial charge on any atom is -0.310 e. The van der Waals surface area contributed by atoms with Gasteiger partial charge in [0.1, 0.15) is 0 Å². The van der Waals surface area contributed by atoms with Crippen molar-refractivity contribution in [3.05, 3.63) is 188 Å². The zero-order valence-electron chi connectivity index (χ0n) is 26.7. The summed E-state index contributed by atoms with van der Waals surface area (Å²) in [4.78, 5) is 2.39. The molecule has 3 nitrogen and oxygen atoms in total. The molecular formula is C46H31N3. The number of para-hydroxylation sites is 5. The van der Waals surface area contributed by atoms with Crippen molar-refractivity contribution in [1.29, 1.82) is 0 Å². The molecule has 0 saturated heterocycles. The Morgan fingerprint density at radius 2 is 0.796 bits per heavy atom. The lowest BCUT2D eigenvalue weighted by molar-refractivity contribution is 1.16. The van der Waals surface area contributed by atoms with Crippen LogP contribution in [0.3, 0.4) is 0 Å². The molecule has 0 unspecified atom stereocenters. The molecular weight excluding hydrogens is 595 g/mol. The van der Waals surface area contributed by atoms with Gasteiger partial charge in [-0.25, -0.2) is 0 Å². The molecule has 230 valence electrons. The van der Waals surface area contributed by atoms with Crippen molar-refractivity contribution in [2.45, 2.75) is 0 Å². The zero-order chi connectivity index (χ0) is 32.3. The van der Waals surface area contributed by atoms with Gasteiger partial charge in [-0.3, -0.25) is 0 Å². The van der Waals surface area contributed by atoms with Crippen LogP contribution in [0, 0.1) is 0 Å². The maximum absolute atomic E-state index is 2.46. The maximum Gasteiger partial charge on any atom is 0.0568 e. The van der Waals surface area contributed by atoms with E-state index >= 15 is 0 Å². The highest BCUT2D eigenvalue weighted by Gasteiger charge is 2.22. The van der Waals surface area contributed by atoms with Gasteiger partial charge in [-0.1, -0.05) is 115 Å². The molecule has 0 aliphatic carbocycles. The van der Waals surface area contributed by atoms with E-state index in [1.165, 1.54) is 54.4 Å². The van der Waals surface area contributed by atoms with E-state index in [-0.39, 0.29) is 0 Å². The fraction of sp³-hybridized carbons (Fsp3) is 0. The van der Waals surface area contributed by atoms with Crippen molar-refractivity contribution in [3.63, 3.8) is 0 Å². The Kier molecular flexibility index (Phi) is 6.18. The fourth-order valence-electron chi connectivity index (χ4n) is 7.81. The van der Waals surface area contributed by atoms with Gasteiger partial charge in [0, 0.05) is 49.7 Å². The van der Waals surface area contributed by atoms with Gasteiger partial charge in [0.15, 0.2) is 0 Å². The van der Waals surface area contributed by atoms with Crippen LogP contribution in [0.4, 0.5) is 17.1 Å². The first-order valence-electron chi connectivity index (χ1n) is 16.8. The SMILES string of the molecule is c1ccc(N(c2ccccc2)c2cc3c(c4ccccc24)c2ccccc2n3-c2ccc3c(c2)c2ccccc2n3-c2ccccc2)cc1. The molecule has 0 radical (unpaired) electrons. The molecule has 10 aromatic rings. The Labute approximate surface area is 284 Å². The van der Waals surface area contributed by atoms with Gasteiger partial charge in [0.2, 0.25) is 0 Å². The van der Waals surface area contributed by atoms with E-state index in [1.54, 1.807) is 0 Å². The molecule has 49 heavy (non-hydrogen) atoms. The summed E-state index contributed by atoms with van der Waals surface area (Å²) in [5.74, 6) is 0. The minimum absolute atomic E-state index is 1.12. The van der Waals surface area contributed by atoms with E-state index in [0.29, 0.717) is 0 Å².